The molecule has 2 N–H and O–H groups in total. The summed E-state index contributed by atoms with van der Waals surface area (Å²) in [5.74, 6) is 2.20. The summed E-state index contributed by atoms with van der Waals surface area (Å²) in [7, 11) is 1.65. The van der Waals surface area contributed by atoms with Gasteiger partial charge in [-0.15, -0.1) is 5.10 Å². The number of furan rings is 1. The Kier molecular flexibility index (Phi) is 7.66. The van der Waals surface area contributed by atoms with E-state index in [4.69, 9.17) is 24.7 Å². The minimum Gasteiger partial charge on any atom is -0.491 e. The Balaban J connectivity index is 1.20. The van der Waals surface area contributed by atoms with Crippen molar-refractivity contribution in [1.82, 2.24) is 34.3 Å². The predicted octanol–water partition coefficient (Wildman–Crippen LogP) is 3.28. The number of benzene rings is 1. The van der Waals surface area contributed by atoms with Crippen LogP contribution in [0, 0.1) is 5.92 Å². The molecule has 4 aromatic heterocycles. The number of ether oxygens (including phenoxy) is 2. The molecule has 0 aliphatic carbocycles. The molecule has 1 amide bonds. The Labute approximate surface area is 242 Å². The fourth-order valence-corrected chi connectivity index (χ4v) is 5.25. The van der Waals surface area contributed by atoms with Crippen LogP contribution >= 0.6 is 0 Å². The number of nitrogen functional groups attached to an aromatic ring is 1. The summed E-state index contributed by atoms with van der Waals surface area (Å²) in [6.07, 6.45) is 4.03. The van der Waals surface area contributed by atoms with Crippen LogP contribution in [0.15, 0.2) is 53.3 Å². The van der Waals surface area contributed by atoms with Crippen molar-refractivity contribution in [3.8, 4) is 17.3 Å². The second-order valence-electron chi connectivity index (χ2n) is 10.8. The first-order valence-corrected chi connectivity index (χ1v) is 14.1. The largest absolute Gasteiger partial charge is 0.491 e. The third-order valence-corrected chi connectivity index (χ3v) is 7.39. The van der Waals surface area contributed by atoms with E-state index in [1.54, 1.807) is 30.2 Å². The molecule has 6 rings (SSSR count). The number of amides is 1. The van der Waals surface area contributed by atoms with Gasteiger partial charge in [0.1, 0.15) is 18.4 Å². The van der Waals surface area contributed by atoms with Crippen molar-refractivity contribution in [2.24, 2.45) is 5.92 Å². The lowest BCUT2D eigenvalue weighted by atomic mass is 10.0. The molecule has 1 atom stereocenters. The van der Waals surface area contributed by atoms with Crippen molar-refractivity contribution in [3.05, 3.63) is 48.9 Å². The first kappa shape index (κ1) is 27.5. The maximum atomic E-state index is 13.9. The predicted molar refractivity (Wildman–Crippen MR) is 157 cm³/mol. The van der Waals surface area contributed by atoms with Crippen LogP contribution in [0.5, 0.6) is 5.75 Å². The smallest absolute Gasteiger partial charge is 0.247 e. The molecule has 5 aromatic rings. The Morgan fingerprint density at radius 1 is 1.05 bits per heavy atom. The van der Waals surface area contributed by atoms with Gasteiger partial charge in [-0.2, -0.15) is 14.6 Å². The monoisotopic (exact) mass is 573 g/mol. The Hall–Kier alpha value is -4.65. The molecule has 1 aromatic carbocycles. The SMILES string of the molecule is COCCOc1ccc(N2CCN(C(=O)C(CC(C)C)n3cc4c(nc(N)n5nc(-c6ccco6)nc45)n3)CC2)cc1. The molecule has 5 heterocycles. The number of rotatable bonds is 10. The third-order valence-electron chi connectivity index (χ3n) is 7.39. The van der Waals surface area contributed by atoms with Gasteiger partial charge in [-0.25, -0.2) is 4.98 Å². The van der Waals surface area contributed by atoms with E-state index in [1.807, 2.05) is 23.2 Å². The maximum Gasteiger partial charge on any atom is 0.247 e. The molecule has 1 aliphatic rings. The molecule has 0 bridgehead atoms. The van der Waals surface area contributed by atoms with Crippen molar-refractivity contribution in [2.75, 3.05) is 57.1 Å². The number of anilines is 2. The highest BCUT2D eigenvalue weighted by Gasteiger charge is 2.31. The summed E-state index contributed by atoms with van der Waals surface area (Å²) in [4.78, 5) is 27.3. The highest BCUT2D eigenvalue weighted by molar-refractivity contribution is 5.91. The second kappa shape index (κ2) is 11.7. The van der Waals surface area contributed by atoms with Crippen LogP contribution in [0.25, 0.3) is 28.3 Å². The van der Waals surface area contributed by atoms with Gasteiger partial charge in [0.05, 0.1) is 18.3 Å². The standard InChI is InChI=1S/C29H35N9O4/c1-19(2)17-23(28(39)36-12-10-35(11-13-36)20-6-8-21(9-7-20)41-16-15-40-3)37-18-22-25(33-37)32-29(30)38-27(22)31-26(34-38)24-5-4-14-42-24/h4-9,14,18-19,23H,10-13,15-17H2,1-3H3,(H2,30,32,33). The van der Waals surface area contributed by atoms with Gasteiger partial charge in [0, 0.05) is 45.2 Å². The van der Waals surface area contributed by atoms with E-state index in [0.29, 0.717) is 61.0 Å². The third kappa shape index (κ3) is 5.47. The van der Waals surface area contributed by atoms with Crippen LogP contribution in [0.2, 0.25) is 0 Å². The number of aromatic nitrogens is 6. The Bertz CT molecular complexity index is 1650. The van der Waals surface area contributed by atoms with Crippen LogP contribution in [0.1, 0.15) is 26.3 Å². The highest BCUT2D eigenvalue weighted by atomic mass is 16.5. The summed E-state index contributed by atoms with van der Waals surface area (Å²) in [5, 5.41) is 9.83. The van der Waals surface area contributed by atoms with Crippen LogP contribution in [-0.2, 0) is 9.53 Å². The van der Waals surface area contributed by atoms with Crippen molar-refractivity contribution in [1.29, 1.82) is 0 Å². The highest BCUT2D eigenvalue weighted by Crippen LogP contribution is 2.28. The first-order valence-electron chi connectivity index (χ1n) is 14.1. The van der Waals surface area contributed by atoms with Crippen molar-refractivity contribution < 1.29 is 18.7 Å². The summed E-state index contributed by atoms with van der Waals surface area (Å²) < 4.78 is 19.4. The molecule has 13 nitrogen and oxygen atoms in total. The molecule has 1 saturated heterocycles. The number of nitrogens with zero attached hydrogens (tertiary/aromatic N) is 8. The number of hydrogen-bond donors (Lipinski definition) is 1. The number of piperazine rings is 1. The molecule has 0 spiro atoms. The number of fused-ring (bicyclic) bond motifs is 3. The number of carbonyl (C=O) groups is 1. The van der Waals surface area contributed by atoms with E-state index in [-0.39, 0.29) is 17.8 Å². The van der Waals surface area contributed by atoms with Crippen molar-refractivity contribution >= 4 is 34.2 Å². The van der Waals surface area contributed by atoms with E-state index in [0.717, 1.165) is 24.5 Å². The fraction of sp³-hybridized carbons (Fsp3) is 0.414. The van der Waals surface area contributed by atoms with Gasteiger partial charge < -0.3 is 29.4 Å². The van der Waals surface area contributed by atoms with Gasteiger partial charge >= 0.3 is 0 Å². The lowest BCUT2D eigenvalue weighted by Gasteiger charge is -2.37. The van der Waals surface area contributed by atoms with E-state index in [9.17, 15) is 4.79 Å². The van der Waals surface area contributed by atoms with Gasteiger partial charge in [-0.1, -0.05) is 13.8 Å². The van der Waals surface area contributed by atoms with Crippen LogP contribution in [0.4, 0.5) is 11.6 Å². The first-order chi connectivity index (χ1) is 20.4. The average molecular weight is 574 g/mol. The molecule has 220 valence electrons. The number of hydrogen-bond acceptors (Lipinski definition) is 10. The van der Waals surface area contributed by atoms with Gasteiger partial charge in [-0.05, 0) is 48.7 Å². The zero-order valence-corrected chi connectivity index (χ0v) is 24.0. The molecular weight excluding hydrogens is 538 g/mol. The van der Waals surface area contributed by atoms with Crippen molar-refractivity contribution in [2.45, 2.75) is 26.3 Å². The van der Waals surface area contributed by atoms with E-state index in [2.05, 4.69) is 45.9 Å². The Morgan fingerprint density at radius 3 is 2.52 bits per heavy atom. The second-order valence-corrected chi connectivity index (χ2v) is 10.8. The lowest BCUT2D eigenvalue weighted by molar-refractivity contribution is -0.135. The molecule has 0 radical (unpaired) electrons. The fourth-order valence-electron chi connectivity index (χ4n) is 5.25. The van der Waals surface area contributed by atoms with E-state index >= 15 is 0 Å². The topological polar surface area (TPSA) is 142 Å². The summed E-state index contributed by atoms with van der Waals surface area (Å²) >= 11 is 0. The average Bonchev–Trinajstić information content (AvgIpc) is 3.76. The zero-order chi connectivity index (χ0) is 29.2. The lowest BCUT2D eigenvalue weighted by Crippen LogP contribution is -2.50. The van der Waals surface area contributed by atoms with Crippen LogP contribution in [0.3, 0.4) is 0 Å². The van der Waals surface area contributed by atoms with Gasteiger partial charge in [0.25, 0.3) is 0 Å². The quantitative estimate of drug-likeness (QED) is 0.247. The number of methoxy groups -OCH3 is 1. The van der Waals surface area contributed by atoms with E-state index in [1.165, 1.54) is 4.52 Å². The van der Waals surface area contributed by atoms with Gasteiger partial charge in [0.15, 0.2) is 17.1 Å². The molecular formula is C29H35N9O4. The Morgan fingerprint density at radius 2 is 1.83 bits per heavy atom. The minimum atomic E-state index is -0.483. The minimum absolute atomic E-state index is 0.0415. The molecule has 1 aliphatic heterocycles. The van der Waals surface area contributed by atoms with Gasteiger partial charge in [-0.3, -0.25) is 9.48 Å². The van der Waals surface area contributed by atoms with Crippen LogP contribution in [-0.4, -0.2) is 86.7 Å². The maximum absolute atomic E-state index is 13.9. The normalized spacial score (nSPS) is 14.8. The summed E-state index contributed by atoms with van der Waals surface area (Å²) in [6, 6.07) is 11.1. The number of nitrogens with two attached hydrogens (primary N) is 1. The molecule has 1 fully saturated rings. The zero-order valence-electron chi connectivity index (χ0n) is 24.0. The number of carbonyl (C=O) groups excluding carboxylic acids is 1. The summed E-state index contributed by atoms with van der Waals surface area (Å²) in [5.41, 5.74) is 8.24. The molecule has 42 heavy (non-hydrogen) atoms. The van der Waals surface area contributed by atoms with Gasteiger partial charge in [0.2, 0.25) is 17.7 Å². The molecule has 1 unspecified atom stereocenters. The van der Waals surface area contributed by atoms with Crippen LogP contribution < -0.4 is 15.4 Å². The van der Waals surface area contributed by atoms with E-state index < -0.39 is 6.04 Å². The summed E-state index contributed by atoms with van der Waals surface area (Å²) in [6.45, 7) is 7.97. The molecule has 0 saturated carbocycles. The molecule has 13 heteroatoms. The van der Waals surface area contributed by atoms with Crippen molar-refractivity contribution in [3.63, 3.8) is 0 Å².